The average Bonchev–Trinajstić information content (AvgIpc) is 2.30. The molecule has 10 heavy (non-hydrogen) atoms. The number of fused-ring (bicyclic) bond motifs is 2. The second kappa shape index (κ2) is 2.91. The zero-order valence-corrected chi connectivity index (χ0v) is 6.73. The predicted octanol–water partition coefficient (Wildman–Crippen LogP) is 0.465. The topological polar surface area (TPSA) is 4.44 Å². The third-order valence-electron chi connectivity index (χ3n) is 3.13. The molecule has 0 radical (unpaired) electrons. The van der Waals surface area contributed by atoms with Crippen LogP contribution in [0.1, 0.15) is 32.1 Å². The molecule has 2 atom stereocenters. The Morgan fingerprint density at radius 3 is 2.90 bits per heavy atom. The van der Waals surface area contributed by atoms with Crippen molar-refractivity contribution in [3.63, 3.8) is 0 Å². The van der Waals surface area contributed by atoms with Gasteiger partial charge in [0.15, 0.2) is 0 Å². The average molecular weight is 140 g/mol. The van der Waals surface area contributed by atoms with Crippen molar-refractivity contribution in [1.29, 1.82) is 0 Å². The molecule has 2 aliphatic heterocycles. The Hall–Kier alpha value is -0.0400. The van der Waals surface area contributed by atoms with Crippen molar-refractivity contribution in [2.45, 2.75) is 32.1 Å². The maximum absolute atomic E-state index is 1.89. The Bertz CT molecular complexity index is 99.3. The smallest absolute Gasteiger partial charge is 0.0801 e. The van der Waals surface area contributed by atoms with E-state index >= 15 is 0 Å². The highest BCUT2D eigenvalue weighted by Gasteiger charge is 2.26. The highest BCUT2D eigenvalue weighted by atomic mass is 15.1. The van der Waals surface area contributed by atoms with Gasteiger partial charge in [-0.1, -0.05) is 6.42 Å². The minimum Gasteiger partial charge on any atom is -0.335 e. The van der Waals surface area contributed by atoms with Crippen LogP contribution in [0.4, 0.5) is 0 Å². The van der Waals surface area contributed by atoms with E-state index in [1.807, 2.05) is 4.90 Å². The van der Waals surface area contributed by atoms with Gasteiger partial charge >= 0.3 is 0 Å². The summed E-state index contributed by atoms with van der Waals surface area (Å²) < 4.78 is 0. The SMILES string of the molecule is C1CCC2CC[NH+](CC1)C2. The first-order chi connectivity index (χ1) is 4.95. The van der Waals surface area contributed by atoms with Crippen LogP contribution in [0.5, 0.6) is 0 Å². The first-order valence-corrected chi connectivity index (χ1v) is 4.79. The summed E-state index contributed by atoms with van der Waals surface area (Å²) in [6.07, 6.45) is 7.55. The third-order valence-corrected chi connectivity index (χ3v) is 3.13. The van der Waals surface area contributed by atoms with E-state index in [1.54, 1.807) is 0 Å². The van der Waals surface area contributed by atoms with Crippen LogP contribution in [0.2, 0.25) is 0 Å². The minimum atomic E-state index is 1.11. The van der Waals surface area contributed by atoms with E-state index in [1.165, 1.54) is 51.7 Å². The van der Waals surface area contributed by atoms with Gasteiger partial charge in [0.1, 0.15) is 0 Å². The zero-order chi connectivity index (χ0) is 6.81. The third kappa shape index (κ3) is 1.34. The summed E-state index contributed by atoms with van der Waals surface area (Å²) in [5.74, 6) is 1.11. The van der Waals surface area contributed by atoms with Crippen LogP contribution < -0.4 is 4.90 Å². The molecule has 0 aliphatic carbocycles. The summed E-state index contributed by atoms with van der Waals surface area (Å²) in [6, 6.07) is 0. The molecular weight excluding hydrogens is 122 g/mol. The van der Waals surface area contributed by atoms with Gasteiger partial charge in [-0.25, -0.2) is 0 Å². The van der Waals surface area contributed by atoms with Gasteiger partial charge in [-0.2, -0.15) is 0 Å². The molecule has 2 unspecified atom stereocenters. The van der Waals surface area contributed by atoms with Gasteiger partial charge in [-0.3, -0.25) is 0 Å². The monoisotopic (exact) mass is 140 g/mol. The fraction of sp³-hybridized carbons (Fsp3) is 1.00. The lowest BCUT2D eigenvalue weighted by Crippen LogP contribution is -3.10. The molecule has 0 aromatic heterocycles. The summed E-state index contributed by atoms with van der Waals surface area (Å²) in [4.78, 5) is 1.89. The van der Waals surface area contributed by atoms with Gasteiger partial charge in [0.05, 0.1) is 19.6 Å². The molecule has 58 valence electrons. The molecule has 0 spiro atoms. The van der Waals surface area contributed by atoms with Gasteiger partial charge in [-0.15, -0.1) is 0 Å². The first-order valence-electron chi connectivity index (χ1n) is 4.79. The summed E-state index contributed by atoms with van der Waals surface area (Å²) in [6.45, 7) is 4.45. The Balaban J connectivity index is 1.91. The van der Waals surface area contributed by atoms with Crippen LogP contribution in [0.25, 0.3) is 0 Å². The molecule has 2 rings (SSSR count). The normalized spacial score (nSPS) is 40.8. The minimum absolute atomic E-state index is 1.11. The van der Waals surface area contributed by atoms with Crippen LogP contribution >= 0.6 is 0 Å². The quantitative estimate of drug-likeness (QED) is 0.499. The maximum Gasteiger partial charge on any atom is 0.0801 e. The maximum atomic E-state index is 1.89. The van der Waals surface area contributed by atoms with Crippen LogP contribution in [-0.2, 0) is 0 Å². The van der Waals surface area contributed by atoms with E-state index < -0.39 is 0 Å². The number of hydrogen-bond acceptors (Lipinski definition) is 0. The molecule has 0 amide bonds. The highest BCUT2D eigenvalue weighted by Crippen LogP contribution is 2.15. The molecule has 0 aromatic carbocycles. The molecule has 2 saturated heterocycles. The number of nitrogens with one attached hydrogen (secondary N) is 1. The molecule has 1 N–H and O–H groups in total. The number of quaternary nitrogens is 1. The Morgan fingerprint density at radius 2 is 1.90 bits per heavy atom. The Kier molecular flexibility index (Phi) is 1.94. The van der Waals surface area contributed by atoms with Crippen LogP contribution in [0, 0.1) is 5.92 Å². The summed E-state index contributed by atoms with van der Waals surface area (Å²) in [5, 5.41) is 0. The molecule has 1 heteroatoms. The van der Waals surface area contributed by atoms with Crippen LogP contribution in [-0.4, -0.2) is 19.6 Å². The summed E-state index contributed by atoms with van der Waals surface area (Å²) in [5.41, 5.74) is 0. The van der Waals surface area contributed by atoms with Crippen molar-refractivity contribution in [2.75, 3.05) is 19.6 Å². The lowest BCUT2D eigenvalue weighted by atomic mass is 10.00. The van der Waals surface area contributed by atoms with Gasteiger partial charge < -0.3 is 4.90 Å². The summed E-state index contributed by atoms with van der Waals surface area (Å²) in [7, 11) is 0. The standard InChI is InChI=1S/C9H17N/c1-2-4-9-5-7-10(8-9)6-3-1/h9H,1-8H2/p+1. The molecule has 1 nitrogen and oxygen atoms in total. The second-order valence-electron chi connectivity index (χ2n) is 3.96. The highest BCUT2D eigenvalue weighted by molar-refractivity contribution is 4.64. The van der Waals surface area contributed by atoms with E-state index in [9.17, 15) is 0 Å². The van der Waals surface area contributed by atoms with Crippen molar-refractivity contribution in [2.24, 2.45) is 5.92 Å². The number of hydrogen-bond donors (Lipinski definition) is 1. The lowest BCUT2D eigenvalue weighted by molar-refractivity contribution is -0.889. The predicted molar refractivity (Wildman–Crippen MR) is 42.1 cm³/mol. The van der Waals surface area contributed by atoms with Crippen molar-refractivity contribution >= 4 is 0 Å². The zero-order valence-electron chi connectivity index (χ0n) is 6.73. The summed E-state index contributed by atoms with van der Waals surface area (Å²) >= 11 is 0. The van der Waals surface area contributed by atoms with Gasteiger partial charge in [0.2, 0.25) is 0 Å². The first kappa shape index (κ1) is 6.66. The molecule has 2 bridgehead atoms. The second-order valence-corrected chi connectivity index (χ2v) is 3.96. The Morgan fingerprint density at radius 1 is 0.900 bits per heavy atom. The van der Waals surface area contributed by atoms with E-state index in [2.05, 4.69) is 0 Å². The molecule has 2 aliphatic rings. The van der Waals surface area contributed by atoms with Crippen molar-refractivity contribution in [1.82, 2.24) is 0 Å². The van der Waals surface area contributed by atoms with Gasteiger partial charge in [0.25, 0.3) is 0 Å². The lowest BCUT2D eigenvalue weighted by Gasteiger charge is -2.15. The fourth-order valence-corrected chi connectivity index (χ4v) is 2.48. The fourth-order valence-electron chi connectivity index (χ4n) is 2.48. The van der Waals surface area contributed by atoms with E-state index in [0.29, 0.717) is 0 Å². The number of rotatable bonds is 0. The van der Waals surface area contributed by atoms with Crippen LogP contribution in [0.15, 0.2) is 0 Å². The van der Waals surface area contributed by atoms with Crippen LogP contribution in [0.3, 0.4) is 0 Å². The van der Waals surface area contributed by atoms with Gasteiger partial charge in [0, 0.05) is 12.3 Å². The Labute approximate surface area is 63.4 Å². The van der Waals surface area contributed by atoms with Crippen molar-refractivity contribution in [3.8, 4) is 0 Å². The molecule has 0 aromatic rings. The molecule has 0 saturated carbocycles. The van der Waals surface area contributed by atoms with Crippen molar-refractivity contribution in [3.05, 3.63) is 0 Å². The van der Waals surface area contributed by atoms with E-state index in [4.69, 9.17) is 0 Å². The van der Waals surface area contributed by atoms with E-state index in [-0.39, 0.29) is 0 Å². The van der Waals surface area contributed by atoms with Crippen molar-refractivity contribution < 1.29 is 4.90 Å². The molecular formula is C9H18N+. The van der Waals surface area contributed by atoms with Gasteiger partial charge in [-0.05, 0) is 19.3 Å². The van der Waals surface area contributed by atoms with E-state index in [0.717, 1.165) is 5.92 Å². The molecule has 2 fully saturated rings. The molecule has 2 heterocycles. The largest absolute Gasteiger partial charge is 0.335 e.